The van der Waals surface area contributed by atoms with Crippen LogP contribution in [0.5, 0.6) is 0 Å². The Morgan fingerprint density at radius 2 is 1.53 bits per heavy atom. The second-order valence-corrected chi connectivity index (χ2v) is 9.19. The van der Waals surface area contributed by atoms with Crippen molar-refractivity contribution < 1.29 is 24.2 Å². The first-order valence-electron chi connectivity index (χ1n) is 11.0. The number of hydrogen-bond acceptors (Lipinski definition) is 8. The van der Waals surface area contributed by atoms with Gasteiger partial charge >= 0.3 is 11.9 Å². The number of carboxylic acids is 1. The zero-order valence-corrected chi connectivity index (χ0v) is 21.2. The van der Waals surface area contributed by atoms with Gasteiger partial charge in [0.2, 0.25) is 0 Å². The van der Waals surface area contributed by atoms with E-state index in [2.05, 4.69) is 8.75 Å². The summed E-state index contributed by atoms with van der Waals surface area (Å²) in [6, 6.07) is 18.6. The summed E-state index contributed by atoms with van der Waals surface area (Å²) in [5.74, 6) is -2.04. The van der Waals surface area contributed by atoms with E-state index in [1.807, 2.05) is 18.4 Å². The number of carbonyl (C=O) groups is 3. The molecule has 1 heterocycles. The molecule has 0 unspecified atom stereocenters. The van der Waals surface area contributed by atoms with Crippen LogP contribution in [0.2, 0.25) is 0 Å². The second-order valence-electron chi connectivity index (χ2n) is 7.78. The van der Waals surface area contributed by atoms with Gasteiger partial charge in [0.25, 0.3) is 0 Å². The van der Waals surface area contributed by atoms with Crippen LogP contribution < -0.4 is 0 Å². The maximum atomic E-state index is 13.7. The topological polar surface area (TPSA) is 106 Å². The minimum atomic E-state index is -1.22. The zero-order valence-electron chi connectivity index (χ0n) is 19.6. The SMILES string of the molecule is CCOC(=O)c1ccc(C/C(C(=O)c2ccc(SC)cc2)=C(\C(=O)O)c2ccc3nsnc3c2)cc1. The van der Waals surface area contributed by atoms with Crippen molar-refractivity contribution >= 4 is 57.8 Å². The molecule has 0 bridgehead atoms. The van der Waals surface area contributed by atoms with Crippen LogP contribution in [-0.4, -0.2) is 44.4 Å². The fraction of sp³-hybridized carbons (Fsp3) is 0.148. The Morgan fingerprint density at radius 1 is 0.889 bits per heavy atom. The number of rotatable bonds is 9. The third-order valence-electron chi connectivity index (χ3n) is 5.53. The molecule has 1 aromatic heterocycles. The highest BCUT2D eigenvalue weighted by Crippen LogP contribution is 2.28. The number of thioether (sulfide) groups is 1. The standard InChI is InChI=1S/C27H22N2O5S2/c1-3-34-27(33)18-6-4-16(5-7-18)14-21(25(30)17-8-11-20(35-2)12-9-17)24(26(31)32)19-10-13-22-23(15-19)29-36-28-22/h4-13,15H,3,14H2,1-2H3,(H,31,32)/b24-21+. The summed E-state index contributed by atoms with van der Waals surface area (Å²) in [7, 11) is 0. The second kappa shape index (κ2) is 11.3. The van der Waals surface area contributed by atoms with Crippen molar-refractivity contribution in [3.8, 4) is 0 Å². The Balaban J connectivity index is 1.82. The van der Waals surface area contributed by atoms with E-state index in [1.165, 1.54) is 0 Å². The molecule has 0 aliphatic rings. The molecule has 9 heteroatoms. The molecule has 0 spiro atoms. The van der Waals surface area contributed by atoms with Gasteiger partial charge in [0, 0.05) is 22.5 Å². The Hall–Kier alpha value is -3.82. The van der Waals surface area contributed by atoms with E-state index >= 15 is 0 Å². The number of aromatic nitrogens is 2. The van der Waals surface area contributed by atoms with Gasteiger partial charge in [0.1, 0.15) is 11.0 Å². The Labute approximate surface area is 216 Å². The summed E-state index contributed by atoms with van der Waals surface area (Å²) in [4.78, 5) is 39.3. The summed E-state index contributed by atoms with van der Waals surface area (Å²) >= 11 is 2.59. The number of hydrogen-bond donors (Lipinski definition) is 1. The van der Waals surface area contributed by atoms with E-state index < -0.39 is 11.9 Å². The van der Waals surface area contributed by atoms with Gasteiger partial charge in [0.05, 0.1) is 29.5 Å². The lowest BCUT2D eigenvalue weighted by atomic mass is 9.89. The Morgan fingerprint density at radius 3 is 2.17 bits per heavy atom. The fourth-order valence-electron chi connectivity index (χ4n) is 3.74. The maximum absolute atomic E-state index is 13.7. The average Bonchev–Trinajstić information content (AvgIpc) is 3.36. The smallest absolute Gasteiger partial charge is 0.338 e. The molecule has 3 aromatic carbocycles. The first-order valence-corrected chi connectivity index (χ1v) is 13.0. The third-order valence-corrected chi connectivity index (χ3v) is 6.83. The number of fused-ring (bicyclic) bond motifs is 1. The lowest BCUT2D eigenvalue weighted by Crippen LogP contribution is -2.14. The number of Topliss-reactive ketones (excluding diaryl/α,β-unsaturated/α-hetero) is 1. The maximum Gasteiger partial charge on any atom is 0.338 e. The highest BCUT2D eigenvalue weighted by Gasteiger charge is 2.24. The van der Waals surface area contributed by atoms with E-state index in [-0.39, 0.29) is 30.0 Å². The van der Waals surface area contributed by atoms with Gasteiger partial charge in [-0.15, -0.1) is 11.8 Å². The van der Waals surface area contributed by atoms with Crippen molar-refractivity contribution in [3.05, 3.63) is 94.6 Å². The van der Waals surface area contributed by atoms with Crippen LogP contribution in [-0.2, 0) is 16.0 Å². The van der Waals surface area contributed by atoms with E-state index in [4.69, 9.17) is 4.74 Å². The van der Waals surface area contributed by atoms with Crippen LogP contribution in [0.4, 0.5) is 0 Å². The van der Waals surface area contributed by atoms with Gasteiger partial charge in [-0.3, -0.25) is 4.79 Å². The molecule has 1 N–H and O–H groups in total. The van der Waals surface area contributed by atoms with Crippen LogP contribution in [0.15, 0.2) is 77.2 Å². The predicted octanol–water partition coefficient (Wildman–Crippen LogP) is 5.55. The zero-order chi connectivity index (χ0) is 25.7. The van der Waals surface area contributed by atoms with Crippen molar-refractivity contribution in [2.24, 2.45) is 0 Å². The first kappa shape index (κ1) is 25.3. The van der Waals surface area contributed by atoms with Crippen LogP contribution in [0, 0.1) is 0 Å². The van der Waals surface area contributed by atoms with Crippen molar-refractivity contribution in [2.45, 2.75) is 18.2 Å². The van der Waals surface area contributed by atoms with E-state index in [1.54, 1.807) is 73.3 Å². The highest BCUT2D eigenvalue weighted by molar-refractivity contribution is 7.98. The van der Waals surface area contributed by atoms with Crippen molar-refractivity contribution in [1.82, 2.24) is 8.75 Å². The van der Waals surface area contributed by atoms with E-state index in [0.717, 1.165) is 16.6 Å². The van der Waals surface area contributed by atoms with Gasteiger partial charge in [-0.2, -0.15) is 8.75 Å². The van der Waals surface area contributed by atoms with Crippen molar-refractivity contribution in [3.63, 3.8) is 0 Å². The number of carbonyl (C=O) groups excluding carboxylic acids is 2. The minimum absolute atomic E-state index is 0.0567. The molecule has 0 aliphatic heterocycles. The highest BCUT2D eigenvalue weighted by atomic mass is 32.2. The van der Waals surface area contributed by atoms with Gasteiger partial charge in [0.15, 0.2) is 5.78 Å². The number of allylic oxidation sites excluding steroid dienone is 1. The summed E-state index contributed by atoms with van der Waals surface area (Å²) in [5.41, 5.74) is 3.07. The molecule has 182 valence electrons. The number of carboxylic acid groups (broad SMARTS) is 1. The van der Waals surface area contributed by atoms with Gasteiger partial charge in [-0.1, -0.05) is 18.2 Å². The Kier molecular flexibility index (Phi) is 7.92. The van der Waals surface area contributed by atoms with Crippen LogP contribution in [0.25, 0.3) is 16.6 Å². The minimum Gasteiger partial charge on any atom is -0.478 e. The molecule has 36 heavy (non-hydrogen) atoms. The molecule has 0 amide bonds. The number of aliphatic carboxylic acids is 1. The lowest BCUT2D eigenvalue weighted by Gasteiger charge is -2.14. The van der Waals surface area contributed by atoms with Crippen LogP contribution in [0.1, 0.15) is 38.8 Å². The molecule has 0 saturated heterocycles. The molecule has 4 rings (SSSR count). The normalized spacial score (nSPS) is 11.7. The molecule has 0 saturated carbocycles. The monoisotopic (exact) mass is 518 g/mol. The fourth-order valence-corrected chi connectivity index (χ4v) is 4.67. The summed E-state index contributed by atoms with van der Waals surface area (Å²) in [6.45, 7) is 1.99. The number of ether oxygens (including phenoxy) is 1. The molecule has 0 aliphatic carbocycles. The van der Waals surface area contributed by atoms with Gasteiger partial charge in [-0.05, 0) is 72.8 Å². The molecule has 0 fully saturated rings. The van der Waals surface area contributed by atoms with Gasteiger partial charge in [-0.25, -0.2) is 9.59 Å². The summed E-state index contributed by atoms with van der Waals surface area (Å²) in [5, 5.41) is 10.2. The number of esters is 1. The van der Waals surface area contributed by atoms with E-state index in [0.29, 0.717) is 33.3 Å². The van der Waals surface area contributed by atoms with Crippen molar-refractivity contribution in [1.29, 1.82) is 0 Å². The number of ketones is 1. The Bertz CT molecular complexity index is 1460. The molecule has 4 aromatic rings. The molecule has 0 atom stereocenters. The third kappa shape index (κ3) is 5.53. The van der Waals surface area contributed by atoms with Crippen LogP contribution >= 0.6 is 23.5 Å². The van der Waals surface area contributed by atoms with Crippen molar-refractivity contribution in [2.75, 3.05) is 12.9 Å². The molecular weight excluding hydrogens is 496 g/mol. The number of benzene rings is 3. The number of nitrogens with zero attached hydrogens (tertiary/aromatic N) is 2. The molecule has 7 nitrogen and oxygen atoms in total. The molecule has 0 radical (unpaired) electrons. The average molecular weight is 519 g/mol. The predicted molar refractivity (Wildman–Crippen MR) is 141 cm³/mol. The van der Waals surface area contributed by atoms with Crippen LogP contribution in [0.3, 0.4) is 0 Å². The quantitative estimate of drug-likeness (QED) is 0.133. The van der Waals surface area contributed by atoms with Gasteiger partial charge < -0.3 is 9.84 Å². The largest absolute Gasteiger partial charge is 0.478 e. The summed E-state index contributed by atoms with van der Waals surface area (Å²) < 4.78 is 13.4. The first-order chi connectivity index (χ1) is 17.4. The summed E-state index contributed by atoms with van der Waals surface area (Å²) in [6.07, 6.45) is 2.00. The molecular formula is C27H22N2O5S2. The van der Waals surface area contributed by atoms with E-state index in [9.17, 15) is 19.5 Å². The lowest BCUT2D eigenvalue weighted by molar-refractivity contribution is -0.130.